The molecule has 7 atom stereocenters. The van der Waals surface area contributed by atoms with E-state index in [4.69, 9.17) is 21.1 Å². The molecular weight excluding hydrogens is 508 g/mol. The van der Waals surface area contributed by atoms with Crippen LogP contribution in [-0.4, -0.2) is 100 Å². The lowest BCUT2D eigenvalue weighted by atomic mass is 9.99. The maximum atomic E-state index is 10.7. The van der Waals surface area contributed by atoms with Gasteiger partial charge in [-0.25, -0.2) is 14.6 Å². The summed E-state index contributed by atoms with van der Waals surface area (Å²) in [5.41, 5.74) is 2.22. The van der Waals surface area contributed by atoms with E-state index in [2.05, 4.69) is 15.1 Å². The summed E-state index contributed by atoms with van der Waals surface area (Å²) in [6.07, 6.45) is -10.8. The number of nitrogens with zero attached hydrogens (tertiary/aromatic N) is 4. The van der Waals surface area contributed by atoms with Gasteiger partial charge in [0.1, 0.15) is 47.8 Å². The van der Waals surface area contributed by atoms with Crippen LogP contribution < -0.4 is 0 Å². The Bertz CT molecular complexity index is 1390. The number of benzene rings is 2. The predicted octanol–water partition coefficient (Wildman–Crippen LogP) is -0.167. The third kappa shape index (κ3) is 4.79. The van der Waals surface area contributed by atoms with Gasteiger partial charge in [0.15, 0.2) is 11.9 Å². The Morgan fingerprint density at radius 3 is 2.43 bits per heavy atom. The van der Waals surface area contributed by atoms with Gasteiger partial charge in [0, 0.05) is 5.02 Å². The van der Waals surface area contributed by atoms with Crippen LogP contribution in [0.15, 0.2) is 48.5 Å². The molecule has 0 spiro atoms. The first-order valence-electron chi connectivity index (χ1n) is 11.5. The predicted molar refractivity (Wildman–Crippen MR) is 130 cm³/mol. The average molecular weight is 533 g/mol. The molecule has 4 aromatic rings. The SMILES string of the molecule is OC[C@@H](O)[C@H](O[C@H]1O[C@@H](CO)[C@@H](O)[C@@H](O)[C@H]1O)c1nn(-c2ccccc2)c2nc3cc(Cl)ccc3nc12. The average Bonchev–Trinajstić information content (AvgIpc) is 3.28. The minimum absolute atomic E-state index is 0.0710. The molecule has 5 rings (SSSR count). The van der Waals surface area contributed by atoms with Gasteiger partial charge in [-0.15, -0.1) is 0 Å². The molecule has 2 aromatic heterocycles. The van der Waals surface area contributed by atoms with Gasteiger partial charge >= 0.3 is 0 Å². The molecule has 3 heterocycles. The number of aromatic nitrogens is 4. The zero-order valence-corrected chi connectivity index (χ0v) is 20.0. The lowest BCUT2D eigenvalue weighted by molar-refractivity contribution is -0.319. The van der Waals surface area contributed by atoms with Crippen LogP contribution in [0.5, 0.6) is 0 Å². The Morgan fingerprint density at radius 2 is 1.73 bits per heavy atom. The number of halogens is 1. The molecule has 0 radical (unpaired) electrons. The van der Waals surface area contributed by atoms with Crippen molar-refractivity contribution in [3.05, 3.63) is 59.2 Å². The van der Waals surface area contributed by atoms with Crippen LogP contribution in [0.25, 0.3) is 27.9 Å². The first-order chi connectivity index (χ1) is 17.8. The molecule has 0 bridgehead atoms. The highest BCUT2D eigenvalue weighted by Crippen LogP contribution is 2.33. The van der Waals surface area contributed by atoms with E-state index in [9.17, 15) is 30.6 Å². The maximum Gasteiger partial charge on any atom is 0.187 e. The molecule has 0 unspecified atom stereocenters. The topological polar surface area (TPSA) is 183 Å². The second-order valence-corrected chi connectivity index (χ2v) is 9.10. The van der Waals surface area contributed by atoms with Gasteiger partial charge in [0.05, 0.1) is 29.9 Å². The van der Waals surface area contributed by atoms with Crippen molar-refractivity contribution in [2.75, 3.05) is 13.2 Å². The maximum absolute atomic E-state index is 10.7. The van der Waals surface area contributed by atoms with Crippen molar-refractivity contribution >= 4 is 33.8 Å². The first-order valence-corrected chi connectivity index (χ1v) is 11.9. The van der Waals surface area contributed by atoms with Crippen molar-refractivity contribution in [1.82, 2.24) is 19.7 Å². The van der Waals surface area contributed by atoms with E-state index in [1.807, 2.05) is 6.07 Å². The van der Waals surface area contributed by atoms with Crippen molar-refractivity contribution in [3.63, 3.8) is 0 Å². The molecule has 2 aromatic carbocycles. The largest absolute Gasteiger partial charge is 0.394 e. The van der Waals surface area contributed by atoms with Gasteiger partial charge in [0.25, 0.3) is 0 Å². The van der Waals surface area contributed by atoms with Crippen LogP contribution >= 0.6 is 11.6 Å². The van der Waals surface area contributed by atoms with Crippen LogP contribution in [0.3, 0.4) is 0 Å². The number of hydrogen-bond donors (Lipinski definition) is 6. The van der Waals surface area contributed by atoms with Crippen LogP contribution in [-0.2, 0) is 9.47 Å². The van der Waals surface area contributed by atoms with E-state index in [1.54, 1.807) is 42.5 Å². The quantitative estimate of drug-likeness (QED) is 0.186. The number of fused-ring (bicyclic) bond motifs is 2. The van der Waals surface area contributed by atoms with Crippen LogP contribution in [0.1, 0.15) is 11.8 Å². The molecule has 0 saturated carbocycles. The third-order valence-electron chi connectivity index (χ3n) is 6.19. The van der Waals surface area contributed by atoms with E-state index in [1.165, 1.54) is 4.68 Å². The van der Waals surface area contributed by atoms with Crippen LogP contribution in [0.4, 0.5) is 0 Å². The van der Waals surface area contributed by atoms with E-state index in [0.717, 1.165) is 0 Å². The van der Waals surface area contributed by atoms with Gasteiger partial charge in [-0.1, -0.05) is 29.8 Å². The van der Waals surface area contributed by atoms with Crippen molar-refractivity contribution < 1.29 is 40.1 Å². The number of aliphatic hydroxyl groups is 6. The molecular formula is C24H25ClN4O8. The summed E-state index contributed by atoms with van der Waals surface area (Å²) in [7, 11) is 0. The molecule has 12 nitrogen and oxygen atoms in total. The Kier molecular flexibility index (Phi) is 7.36. The molecule has 37 heavy (non-hydrogen) atoms. The molecule has 1 fully saturated rings. The second kappa shape index (κ2) is 10.5. The Hall–Kier alpha value is -2.78. The second-order valence-electron chi connectivity index (χ2n) is 8.67. The zero-order chi connectivity index (χ0) is 26.3. The Labute approximate surface area is 214 Å². The van der Waals surface area contributed by atoms with E-state index in [-0.39, 0.29) is 11.2 Å². The van der Waals surface area contributed by atoms with Crippen molar-refractivity contribution in [2.24, 2.45) is 0 Å². The summed E-state index contributed by atoms with van der Waals surface area (Å²) in [4.78, 5) is 9.34. The molecule has 1 aliphatic rings. The molecule has 0 aliphatic carbocycles. The van der Waals surface area contributed by atoms with Crippen molar-refractivity contribution in [3.8, 4) is 5.69 Å². The smallest absolute Gasteiger partial charge is 0.187 e. The highest BCUT2D eigenvalue weighted by atomic mass is 35.5. The highest BCUT2D eigenvalue weighted by molar-refractivity contribution is 6.31. The number of para-hydroxylation sites is 1. The van der Waals surface area contributed by atoms with Gasteiger partial charge in [-0.2, -0.15) is 5.10 Å². The van der Waals surface area contributed by atoms with E-state index in [0.29, 0.717) is 27.4 Å². The van der Waals surface area contributed by atoms with E-state index >= 15 is 0 Å². The highest BCUT2D eigenvalue weighted by Gasteiger charge is 2.46. The molecule has 0 amide bonds. The fourth-order valence-corrected chi connectivity index (χ4v) is 4.40. The summed E-state index contributed by atoms with van der Waals surface area (Å²) >= 11 is 6.15. The molecule has 1 saturated heterocycles. The summed E-state index contributed by atoms with van der Waals surface area (Å²) in [5.74, 6) is 0. The van der Waals surface area contributed by atoms with Gasteiger partial charge in [-0.3, -0.25) is 0 Å². The summed E-state index contributed by atoms with van der Waals surface area (Å²) in [6.45, 7) is -1.41. The minimum Gasteiger partial charge on any atom is -0.394 e. The summed E-state index contributed by atoms with van der Waals surface area (Å²) < 4.78 is 12.8. The van der Waals surface area contributed by atoms with Crippen molar-refractivity contribution in [2.45, 2.75) is 42.9 Å². The number of rotatable bonds is 7. The van der Waals surface area contributed by atoms with Crippen LogP contribution in [0.2, 0.25) is 5.02 Å². The Balaban J connectivity index is 1.65. The fraction of sp³-hybridized carbons (Fsp3) is 0.375. The molecule has 6 N–H and O–H groups in total. The summed E-state index contributed by atoms with van der Waals surface area (Å²) in [5, 5.41) is 65.9. The van der Waals surface area contributed by atoms with Gasteiger partial charge in [0.2, 0.25) is 0 Å². The summed E-state index contributed by atoms with van der Waals surface area (Å²) in [6, 6.07) is 14.0. The zero-order valence-electron chi connectivity index (χ0n) is 19.2. The standard InChI is InChI=1S/C24H25ClN4O8/c25-11-6-7-13-14(8-11)27-23-18(26-13)17(28-29(23)12-4-2-1-3-5-12)22(15(32)9-30)37-24-21(35)20(34)19(33)16(10-31)36-24/h1-8,15-16,19-22,24,30-35H,9-10H2/t15-,16+,19-,20-,21-,22+,24-/m1/s1. The number of aliphatic hydroxyl groups excluding tert-OH is 6. The molecule has 196 valence electrons. The van der Waals surface area contributed by atoms with Gasteiger partial charge < -0.3 is 40.1 Å². The Morgan fingerprint density at radius 1 is 0.973 bits per heavy atom. The van der Waals surface area contributed by atoms with Crippen LogP contribution in [0, 0.1) is 0 Å². The minimum atomic E-state index is -1.73. The fourth-order valence-electron chi connectivity index (χ4n) is 4.24. The third-order valence-corrected chi connectivity index (χ3v) is 6.43. The molecule has 13 heteroatoms. The lowest BCUT2D eigenvalue weighted by Crippen LogP contribution is -2.59. The van der Waals surface area contributed by atoms with Gasteiger partial charge in [-0.05, 0) is 30.3 Å². The van der Waals surface area contributed by atoms with E-state index < -0.39 is 56.1 Å². The normalized spacial score (nSPS) is 26.0. The lowest BCUT2D eigenvalue weighted by Gasteiger charge is -2.41. The first kappa shape index (κ1) is 25.9. The molecule has 1 aliphatic heterocycles. The number of hydrogen-bond acceptors (Lipinski definition) is 11. The van der Waals surface area contributed by atoms with Crippen molar-refractivity contribution in [1.29, 1.82) is 0 Å². The number of ether oxygens (including phenoxy) is 2. The monoisotopic (exact) mass is 532 g/mol.